The molecule has 174 valence electrons. The topological polar surface area (TPSA) is 66.1 Å². The summed E-state index contributed by atoms with van der Waals surface area (Å²) in [5.74, 6) is 2.85. The fourth-order valence-electron chi connectivity index (χ4n) is 3.71. The Kier molecular flexibility index (Phi) is 10.7. The van der Waals surface area contributed by atoms with Crippen molar-refractivity contribution in [1.29, 1.82) is 0 Å². The lowest BCUT2D eigenvalue weighted by Crippen LogP contribution is -2.39. The van der Waals surface area contributed by atoms with Gasteiger partial charge in [0.15, 0.2) is 5.96 Å². The lowest BCUT2D eigenvalue weighted by molar-refractivity contribution is 0.119. The van der Waals surface area contributed by atoms with Gasteiger partial charge in [0.1, 0.15) is 22.6 Å². The van der Waals surface area contributed by atoms with E-state index in [1.807, 2.05) is 19.9 Å². The molecule has 1 saturated heterocycles. The standard InChI is InChI=1S/C22H35N5O2S.HI/c1-6-23-22(26(4)14-18-15-30-21(25-18)17(3)28-5)24-13-19(27-11-7-8-12-27)20-10-9-16(2)29-20;/h9-10,15,17,19H,6-8,11-14H2,1-5H3,(H,23,24);1H. The highest BCUT2D eigenvalue weighted by Gasteiger charge is 2.26. The Balaban J connectivity index is 0.00000341. The summed E-state index contributed by atoms with van der Waals surface area (Å²) in [6.45, 7) is 10.5. The van der Waals surface area contributed by atoms with Gasteiger partial charge in [-0.2, -0.15) is 0 Å². The molecule has 0 saturated carbocycles. The van der Waals surface area contributed by atoms with Crippen LogP contribution >= 0.6 is 35.3 Å². The van der Waals surface area contributed by atoms with E-state index in [-0.39, 0.29) is 36.1 Å². The number of rotatable bonds is 9. The maximum absolute atomic E-state index is 5.98. The molecule has 0 spiro atoms. The SMILES string of the molecule is CCNC(=NCC(c1ccc(C)o1)N1CCCC1)N(C)Cc1csc(C(C)OC)n1.I. The van der Waals surface area contributed by atoms with Crippen molar-refractivity contribution < 1.29 is 9.15 Å². The van der Waals surface area contributed by atoms with Crippen molar-refractivity contribution in [3.63, 3.8) is 0 Å². The van der Waals surface area contributed by atoms with Gasteiger partial charge in [0, 0.05) is 26.1 Å². The van der Waals surface area contributed by atoms with Crippen LogP contribution in [0.1, 0.15) is 61.1 Å². The van der Waals surface area contributed by atoms with Crippen LogP contribution in [0.4, 0.5) is 0 Å². The largest absolute Gasteiger partial charge is 0.465 e. The number of ether oxygens (including phenoxy) is 1. The van der Waals surface area contributed by atoms with Crippen molar-refractivity contribution in [2.45, 2.75) is 52.3 Å². The van der Waals surface area contributed by atoms with Gasteiger partial charge in [0.2, 0.25) is 0 Å². The summed E-state index contributed by atoms with van der Waals surface area (Å²) < 4.78 is 11.4. The lowest BCUT2D eigenvalue weighted by Gasteiger charge is -2.26. The molecule has 1 aliphatic heterocycles. The molecule has 0 aromatic carbocycles. The van der Waals surface area contributed by atoms with E-state index in [1.165, 1.54) is 12.8 Å². The highest BCUT2D eigenvalue weighted by atomic mass is 127. The number of methoxy groups -OCH3 is 1. The molecule has 2 unspecified atom stereocenters. The summed E-state index contributed by atoms with van der Waals surface area (Å²) in [6.07, 6.45) is 2.51. The first-order valence-electron chi connectivity index (χ1n) is 10.8. The highest BCUT2D eigenvalue weighted by Crippen LogP contribution is 2.27. The zero-order chi connectivity index (χ0) is 21.5. The molecule has 0 radical (unpaired) electrons. The van der Waals surface area contributed by atoms with Gasteiger partial charge in [0.25, 0.3) is 0 Å². The van der Waals surface area contributed by atoms with Crippen LogP contribution in [0.2, 0.25) is 0 Å². The number of hydrogen-bond acceptors (Lipinski definition) is 6. The van der Waals surface area contributed by atoms with Gasteiger partial charge in [-0.1, -0.05) is 0 Å². The van der Waals surface area contributed by atoms with E-state index in [0.29, 0.717) is 13.1 Å². The van der Waals surface area contributed by atoms with E-state index in [1.54, 1.807) is 18.4 Å². The van der Waals surface area contributed by atoms with Gasteiger partial charge >= 0.3 is 0 Å². The van der Waals surface area contributed by atoms with Crippen LogP contribution in [0, 0.1) is 6.92 Å². The molecule has 31 heavy (non-hydrogen) atoms. The molecule has 0 aliphatic carbocycles. The van der Waals surface area contributed by atoms with Crippen LogP contribution in [-0.2, 0) is 11.3 Å². The normalized spacial score (nSPS) is 16.7. The van der Waals surface area contributed by atoms with E-state index >= 15 is 0 Å². The van der Waals surface area contributed by atoms with E-state index in [9.17, 15) is 0 Å². The number of nitrogens with zero attached hydrogens (tertiary/aromatic N) is 4. The quantitative estimate of drug-likeness (QED) is 0.274. The van der Waals surface area contributed by atoms with Crippen molar-refractivity contribution in [2.75, 3.05) is 40.3 Å². The third-order valence-electron chi connectivity index (χ3n) is 5.45. The lowest BCUT2D eigenvalue weighted by atomic mass is 10.2. The Morgan fingerprint density at radius 1 is 1.39 bits per heavy atom. The number of thiazole rings is 1. The third-order valence-corrected chi connectivity index (χ3v) is 6.51. The summed E-state index contributed by atoms with van der Waals surface area (Å²) in [7, 11) is 3.77. The summed E-state index contributed by atoms with van der Waals surface area (Å²) in [4.78, 5) is 14.3. The predicted molar refractivity (Wildman–Crippen MR) is 137 cm³/mol. The van der Waals surface area contributed by atoms with Gasteiger partial charge in [-0.25, -0.2) is 4.98 Å². The summed E-state index contributed by atoms with van der Waals surface area (Å²) in [5.41, 5.74) is 1.03. The van der Waals surface area contributed by atoms with E-state index in [0.717, 1.165) is 47.8 Å². The smallest absolute Gasteiger partial charge is 0.194 e. The molecule has 7 nitrogen and oxygen atoms in total. The van der Waals surface area contributed by atoms with Crippen molar-refractivity contribution in [3.8, 4) is 0 Å². The maximum atomic E-state index is 5.98. The monoisotopic (exact) mass is 561 g/mol. The van der Waals surface area contributed by atoms with Gasteiger partial charge in [-0.15, -0.1) is 35.3 Å². The van der Waals surface area contributed by atoms with Crippen molar-refractivity contribution >= 4 is 41.3 Å². The molecule has 0 amide bonds. The molecule has 0 bridgehead atoms. The number of halogens is 1. The number of likely N-dealkylation sites (tertiary alicyclic amines) is 1. The van der Waals surface area contributed by atoms with Crippen LogP contribution in [-0.4, -0.2) is 61.1 Å². The molecular weight excluding hydrogens is 525 g/mol. The first-order chi connectivity index (χ1) is 14.5. The van der Waals surface area contributed by atoms with Gasteiger partial charge in [-0.3, -0.25) is 9.89 Å². The minimum atomic E-state index is 0. The van der Waals surface area contributed by atoms with Crippen LogP contribution in [0.25, 0.3) is 0 Å². The van der Waals surface area contributed by atoms with Crippen molar-refractivity contribution in [3.05, 3.63) is 39.7 Å². The fraction of sp³-hybridized carbons (Fsp3) is 0.636. The third kappa shape index (κ3) is 7.16. The average Bonchev–Trinajstić information content (AvgIpc) is 3.49. The Hall–Kier alpha value is -1.17. The Bertz CT molecular complexity index is 818. The van der Waals surface area contributed by atoms with E-state index in [2.05, 4.69) is 40.5 Å². The van der Waals surface area contributed by atoms with Crippen LogP contribution < -0.4 is 5.32 Å². The van der Waals surface area contributed by atoms with Crippen LogP contribution in [0.5, 0.6) is 0 Å². The predicted octanol–water partition coefficient (Wildman–Crippen LogP) is 4.60. The number of aliphatic imine (C=N–C) groups is 1. The molecule has 9 heteroatoms. The van der Waals surface area contributed by atoms with Crippen LogP contribution in [0.15, 0.2) is 26.9 Å². The Morgan fingerprint density at radius 2 is 2.13 bits per heavy atom. The Morgan fingerprint density at radius 3 is 2.74 bits per heavy atom. The Labute approximate surface area is 207 Å². The maximum Gasteiger partial charge on any atom is 0.194 e. The summed E-state index contributed by atoms with van der Waals surface area (Å²) in [5, 5.41) is 6.53. The van der Waals surface area contributed by atoms with Gasteiger partial charge in [-0.05, 0) is 58.8 Å². The fourth-order valence-corrected chi connectivity index (χ4v) is 4.56. The number of furan rings is 1. The molecule has 2 aromatic rings. The minimum Gasteiger partial charge on any atom is -0.465 e. The molecule has 1 N–H and O–H groups in total. The first kappa shape index (κ1) is 26.1. The van der Waals surface area contributed by atoms with Crippen LogP contribution in [0.3, 0.4) is 0 Å². The van der Waals surface area contributed by atoms with E-state index in [4.69, 9.17) is 19.1 Å². The van der Waals surface area contributed by atoms with E-state index < -0.39 is 0 Å². The van der Waals surface area contributed by atoms with Crippen molar-refractivity contribution in [1.82, 2.24) is 20.1 Å². The molecule has 2 atom stereocenters. The number of hydrogen-bond donors (Lipinski definition) is 1. The zero-order valence-corrected chi connectivity index (χ0v) is 22.4. The molecule has 3 heterocycles. The first-order valence-corrected chi connectivity index (χ1v) is 11.7. The molecule has 3 rings (SSSR count). The van der Waals surface area contributed by atoms with Gasteiger partial charge in [0.05, 0.1) is 24.8 Å². The molecule has 1 fully saturated rings. The van der Waals surface area contributed by atoms with Crippen molar-refractivity contribution in [2.24, 2.45) is 4.99 Å². The number of aryl methyl sites for hydroxylation is 1. The molecule has 1 aliphatic rings. The number of nitrogens with one attached hydrogen (secondary N) is 1. The minimum absolute atomic E-state index is 0. The number of aromatic nitrogens is 1. The second-order valence-corrected chi connectivity index (χ2v) is 8.70. The molecular formula is C22H36IN5O2S. The average molecular weight is 562 g/mol. The number of guanidine groups is 1. The summed E-state index contributed by atoms with van der Waals surface area (Å²) in [6, 6.07) is 4.31. The second-order valence-electron chi connectivity index (χ2n) is 7.81. The summed E-state index contributed by atoms with van der Waals surface area (Å²) >= 11 is 1.64. The molecule has 2 aromatic heterocycles. The second kappa shape index (κ2) is 12.8. The highest BCUT2D eigenvalue weighted by molar-refractivity contribution is 14.0. The van der Waals surface area contributed by atoms with Gasteiger partial charge < -0.3 is 19.4 Å². The zero-order valence-electron chi connectivity index (χ0n) is 19.3.